The van der Waals surface area contributed by atoms with E-state index >= 15 is 0 Å². The number of hydrogen-bond donors (Lipinski definition) is 1. The molecule has 2 N–H and O–H groups in total. The van der Waals surface area contributed by atoms with Crippen LogP contribution in [0.25, 0.3) is 0 Å². The maximum atomic E-state index is 11.7. The molecule has 0 saturated carbocycles. The summed E-state index contributed by atoms with van der Waals surface area (Å²) >= 11 is 3.52. The highest BCUT2D eigenvalue weighted by Crippen LogP contribution is 2.36. The monoisotopic (exact) mass is 495 g/mol. The van der Waals surface area contributed by atoms with Gasteiger partial charge >= 0.3 is 0 Å². The van der Waals surface area contributed by atoms with E-state index in [4.69, 9.17) is 19.9 Å². The van der Waals surface area contributed by atoms with Gasteiger partial charge in [0.25, 0.3) is 5.69 Å². The molecule has 2 aromatic rings. The molecule has 0 amide bonds. The molecule has 0 bridgehead atoms. The van der Waals surface area contributed by atoms with E-state index in [0.29, 0.717) is 43.2 Å². The number of hydrogen-bond acceptors (Lipinski definition) is 7. The van der Waals surface area contributed by atoms with Crippen LogP contribution in [0.1, 0.15) is 25.0 Å². The SMILES string of the molecule is COc1ccc(CN(Cc2cc(OC)c(OC)cc2[N+](=O)[O-])CC(C)(C)CN)cc1Br. The van der Waals surface area contributed by atoms with Crippen LogP contribution in [-0.2, 0) is 13.1 Å². The molecule has 0 atom stereocenters. The van der Waals surface area contributed by atoms with Gasteiger partial charge in [-0.25, -0.2) is 0 Å². The van der Waals surface area contributed by atoms with Crippen LogP contribution in [0.2, 0.25) is 0 Å². The summed E-state index contributed by atoms with van der Waals surface area (Å²) in [5, 5.41) is 11.7. The van der Waals surface area contributed by atoms with Gasteiger partial charge in [-0.3, -0.25) is 15.0 Å². The van der Waals surface area contributed by atoms with Crippen LogP contribution in [0.3, 0.4) is 0 Å². The average Bonchev–Trinajstić information content (AvgIpc) is 2.73. The predicted octanol–water partition coefficient (Wildman–Crippen LogP) is 4.37. The van der Waals surface area contributed by atoms with Crippen molar-refractivity contribution in [3.8, 4) is 17.2 Å². The fourth-order valence-corrected chi connectivity index (χ4v) is 3.94. The number of halogens is 1. The van der Waals surface area contributed by atoms with Crippen molar-refractivity contribution in [2.24, 2.45) is 11.1 Å². The summed E-state index contributed by atoms with van der Waals surface area (Å²) in [6, 6.07) is 8.94. The van der Waals surface area contributed by atoms with Crippen molar-refractivity contribution >= 4 is 21.6 Å². The van der Waals surface area contributed by atoms with Gasteiger partial charge in [-0.05, 0) is 51.7 Å². The summed E-state index contributed by atoms with van der Waals surface area (Å²) in [5.74, 6) is 1.52. The molecule has 9 heteroatoms. The zero-order valence-corrected chi connectivity index (χ0v) is 20.2. The highest BCUT2D eigenvalue weighted by atomic mass is 79.9. The smallest absolute Gasteiger partial charge is 0.277 e. The molecule has 0 fully saturated rings. The van der Waals surface area contributed by atoms with E-state index in [2.05, 4.69) is 34.7 Å². The van der Waals surface area contributed by atoms with Gasteiger partial charge in [0, 0.05) is 25.2 Å². The van der Waals surface area contributed by atoms with Crippen molar-refractivity contribution in [3.05, 3.63) is 56.0 Å². The molecule has 31 heavy (non-hydrogen) atoms. The molecule has 0 unspecified atom stereocenters. The Balaban J connectivity index is 2.43. The van der Waals surface area contributed by atoms with Gasteiger partial charge in [-0.2, -0.15) is 0 Å². The summed E-state index contributed by atoms with van der Waals surface area (Å²) in [4.78, 5) is 13.5. The molecule has 2 aromatic carbocycles. The first-order chi connectivity index (χ1) is 14.6. The fourth-order valence-electron chi connectivity index (χ4n) is 3.35. The third-order valence-electron chi connectivity index (χ3n) is 5.00. The van der Waals surface area contributed by atoms with Crippen LogP contribution >= 0.6 is 15.9 Å². The number of rotatable bonds is 11. The summed E-state index contributed by atoms with van der Waals surface area (Å²) in [6.07, 6.45) is 0. The maximum absolute atomic E-state index is 11.7. The minimum atomic E-state index is -0.395. The summed E-state index contributed by atoms with van der Waals surface area (Å²) < 4.78 is 16.8. The summed E-state index contributed by atoms with van der Waals surface area (Å²) in [6.45, 7) is 6.23. The highest BCUT2D eigenvalue weighted by molar-refractivity contribution is 9.10. The average molecular weight is 496 g/mol. The molecule has 0 aliphatic rings. The largest absolute Gasteiger partial charge is 0.496 e. The Bertz CT molecular complexity index is 920. The Labute approximate surface area is 191 Å². The Morgan fingerprint density at radius 2 is 1.65 bits per heavy atom. The van der Waals surface area contributed by atoms with E-state index in [-0.39, 0.29) is 11.1 Å². The number of methoxy groups -OCH3 is 3. The second-order valence-corrected chi connectivity index (χ2v) is 8.93. The molecule has 0 aliphatic carbocycles. The molecule has 0 aromatic heterocycles. The van der Waals surface area contributed by atoms with Crippen LogP contribution < -0.4 is 19.9 Å². The molecule has 0 radical (unpaired) electrons. The van der Waals surface area contributed by atoms with Crippen molar-refractivity contribution in [2.75, 3.05) is 34.4 Å². The number of benzene rings is 2. The van der Waals surface area contributed by atoms with Crippen molar-refractivity contribution in [1.82, 2.24) is 4.90 Å². The van der Waals surface area contributed by atoms with Gasteiger partial charge in [0.2, 0.25) is 0 Å². The minimum absolute atomic E-state index is 0.0101. The van der Waals surface area contributed by atoms with Crippen LogP contribution in [0, 0.1) is 15.5 Å². The van der Waals surface area contributed by atoms with Gasteiger partial charge in [0.05, 0.1) is 36.8 Å². The Morgan fingerprint density at radius 3 is 2.16 bits per heavy atom. The zero-order chi connectivity index (χ0) is 23.2. The second kappa shape index (κ2) is 10.8. The van der Waals surface area contributed by atoms with E-state index in [1.165, 1.54) is 20.3 Å². The van der Waals surface area contributed by atoms with E-state index in [1.54, 1.807) is 13.2 Å². The van der Waals surface area contributed by atoms with E-state index in [1.807, 2.05) is 18.2 Å². The number of nitrogens with two attached hydrogens (primary N) is 1. The van der Waals surface area contributed by atoms with Crippen molar-refractivity contribution in [1.29, 1.82) is 0 Å². The Kier molecular flexibility index (Phi) is 8.67. The lowest BCUT2D eigenvalue weighted by Crippen LogP contribution is -2.38. The minimum Gasteiger partial charge on any atom is -0.496 e. The first kappa shape index (κ1) is 24.9. The van der Waals surface area contributed by atoms with Crippen LogP contribution in [0.5, 0.6) is 17.2 Å². The normalized spacial score (nSPS) is 11.5. The molecule has 0 aliphatic heterocycles. The van der Waals surface area contributed by atoms with Gasteiger partial charge < -0.3 is 19.9 Å². The Hall–Kier alpha value is -2.36. The lowest BCUT2D eigenvalue weighted by atomic mass is 9.92. The van der Waals surface area contributed by atoms with Gasteiger partial charge in [0.15, 0.2) is 11.5 Å². The second-order valence-electron chi connectivity index (χ2n) is 8.08. The molecule has 8 nitrogen and oxygen atoms in total. The predicted molar refractivity (Wildman–Crippen MR) is 124 cm³/mol. The third kappa shape index (κ3) is 6.56. The molecule has 2 rings (SSSR count). The topological polar surface area (TPSA) is 100 Å². The molecule has 0 saturated heterocycles. The number of nitrogens with zero attached hydrogens (tertiary/aromatic N) is 2. The van der Waals surface area contributed by atoms with Crippen LogP contribution in [0.15, 0.2) is 34.8 Å². The first-order valence-corrected chi connectivity index (χ1v) is 10.6. The van der Waals surface area contributed by atoms with Crippen LogP contribution in [-0.4, -0.2) is 44.2 Å². The fraction of sp³-hybridized carbons (Fsp3) is 0.455. The van der Waals surface area contributed by atoms with Crippen LogP contribution in [0.4, 0.5) is 5.69 Å². The van der Waals surface area contributed by atoms with Gasteiger partial charge in [-0.15, -0.1) is 0 Å². The number of nitro benzene ring substituents is 1. The number of nitro groups is 1. The first-order valence-electron chi connectivity index (χ1n) is 9.78. The Morgan fingerprint density at radius 1 is 1.03 bits per heavy atom. The quantitative estimate of drug-likeness (QED) is 0.364. The molecule has 0 heterocycles. The van der Waals surface area contributed by atoms with E-state index < -0.39 is 4.92 Å². The standard InChI is InChI=1S/C22H30BrN3O5/c1-22(2,13-24)14-25(11-15-6-7-19(29-3)17(23)8-15)12-16-9-20(30-4)21(31-5)10-18(16)26(27)28/h6-10H,11-14,24H2,1-5H3. The maximum Gasteiger partial charge on any atom is 0.277 e. The van der Waals surface area contributed by atoms with Gasteiger partial charge in [-0.1, -0.05) is 19.9 Å². The molecular formula is C22H30BrN3O5. The van der Waals surface area contributed by atoms with E-state index in [0.717, 1.165) is 15.8 Å². The molecular weight excluding hydrogens is 466 g/mol. The van der Waals surface area contributed by atoms with E-state index in [9.17, 15) is 10.1 Å². The zero-order valence-electron chi connectivity index (χ0n) is 18.6. The van der Waals surface area contributed by atoms with Crippen molar-refractivity contribution < 1.29 is 19.1 Å². The van der Waals surface area contributed by atoms with Gasteiger partial charge in [0.1, 0.15) is 5.75 Å². The molecule has 0 spiro atoms. The van der Waals surface area contributed by atoms with Crippen molar-refractivity contribution in [3.63, 3.8) is 0 Å². The lowest BCUT2D eigenvalue weighted by Gasteiger charge is -2.32. The third-order valence-corrected chi connectivity index (χ3v) is 5.62. The molecule has 170 valence electrons. The van der Waals surface area contributed by atoms with Crippen molar-refractivity contribution in [2.45, 2.75) is 26.9 Å². The highest BCUT2D eigenvalue weighted by Gasteiger charge is 2.25. The lowest BCUT2D eigenvalue weighted by molar-refractivity contribution is -0.385. The summed E-state index contributed by atoms with van der Waals surface area (Å²) in [5.41, 5.74) is 7.38. The number of ether oxygens (including phenoxy) is 3. The summed E-state index contributed by atoms with van der Waals surface area (Å²) in [7, 11) is 4.59.